The van der Waals surface area contributed by atoms with E-state index in [9.17, 15) is 14.7 Å². The van der Waals surface area contributed by atoms with E-state index in [-0.39, 0.29) is 35.2 Å². The smallest absolute Gasteiger partial charge is 0.243 e. The summed E-state index contributed by atoms with van der Waals surface area (Å²) >= 11 is 1.60. The van der Waals surface area contributed by atoms with Gasteiger partial charge in [-0.3, -0.25) is 9.59 Å². The average molecular weight is 483 g/mol. The number of aryl methyl sites for hydroxylation is 1. The first kappa shape index (κ1) is 25.6. The highest BCUT2D eigenvalue weighted by Gasteiger charge is 2.39. The summed E-state index contributed by atoms with van der Waals surface area (Å²) in [4.78, 5) is 33.5. The monoisotopic (exact) mass is 482 g/mol. The molecule has 8 heteroatoms. The molecular weight excluding hydrogens is 448 g/mol. The highest BCUT2D eigenvalue weighted by atomic mass is 32.1. The number of thiazole rings is 1. The van der Waals surface area contributed by atoms with E-state index in [4.69, 9.17) is 5.41 Å². The summed E-state index contributed by atoms with van der Waals surface area (Å²) in [5.41, 5.74) is 5.10. The number of nitrogens with one attached hydrogen (secondary N) is 2. The molecule has 0 spiro atoms. The molecule has 7 nitrogen and oxygen atoms in total. The highest BCUT2D eigenvalue weighted by molar-refractivity contribution is 7.13. The van der Waals surface area contributed by atoms with E-state index < -0.39 is 12.0 Å². The molecule has 1 aliphatic rings. The molecule has 182 valence electrons. The molecule has 3 rings (SSSR count). The SMILES string of the molecule is CC(=N)/C=C(\O)C(C(=O)N1CCCC1C(=O)NC(C)c1ccc(-c2scnc2C)cc1)C(C)C. The van der Waals surface area contributed by atoms with Crippen LogP contribution in [0.1, 0.15) is 57.8 Å². The van der Waals surface area contributed by atoms with Crippen LogP contribution in [-0.4, -0.2) is 45.1 Å². The van der Waals surface area contributed by atoms with E-state index in [1.54, 1.807) is 23.2 Å². The largest absolute Gasteiger partial charge is 0.511 e. The number of allylic oxidation sites excluding steroid dienone is 1. The van der Waals surface area contributed by atoms with Gasteiger partial charge < -0.3 is 20.7 Å². The van der Waals surface area contributed by atoms with Crippen LogP contribution >= 0.6 is 11.3 Å². The molecule has 34 heavy (non-hydrogen) atoms. The molecule has 1 aromatic carbocycles. The van der Waals surface area contributed by atoms with Gasteiger partial charge in [-0.25, -0.2) is 4.98 Å². The van der Waals surface area contributed by atoms with Crippen molar-refractivity contribution < 1.29 is 14.7 Å². The predicted molar refractivity (Wildman–Crippen MR) is 136 cm³/mol. The van der Waals surface area contributed by atoms with Crippen molar-refractivity contribution in [3.05, 3.63) is 52.9 Å². The average Bonchev–Trinajstić information content (AvgIpc) is 3.42. The van der Waals surface area contributed by atoms with Gasteiger partial charge in [-0.1, -0.05) is 38.1 Å². The van der Waals surface area contributed by atoms with Gasteiger partial charge in [0, 0.05) is 12.3 Å². The lowest BCUT2D eigenvalue weighted by Crippen LogP contribution is -2.49. The summed E-state index contributed by atoms with van der Waals surface area (Å²) in [6.07, 6.45) is 2.64. The maximum Gasteiger partial charge on any atom is 0.243 e. The van der Waals surface area contributed by atoms with Crippen LogP contribution in [0.25, 0.3) is 10.4 Å². The minimum atomic E-state index is -0.770. The Labute approximate surface area is 205 Å². The van der Waals surface area contributed by atoms with Crippen molar-refractivity contribution in [2.24, 2.45) is 11.8 Å². The van der Waals surface area contributed by atoms with Gasteiger partial charge in [-0.15, -0.1) is 11.3 Å². The molecule has 3 N–H and O–H groups in total. The maximum absolute atomic E-state index is 13.3. The molecule has 2 amide bonds. The van der Waals surface area contributed by atoms with Gasteiger partial charge in [-0.05, 0) is 56.7 Å². The van der Waals surface area contributed by atoms with Gasteiger partial charge in [0.2, 0.25) is 11.8 Å². The summed E-state index contributed by atoms with van der Waals surface area (Å²) in [6, 6.07) is 7.32. The molecule has 0 radical (unpaired) electrons. The first-order chi connectivity index (χ1) is 16.1. The van der Waals surface area contributed by atoms with Gasteiger partial charge in [-0.2, -0.15) is 0 Å². The number of nitrogens with zero attached hydrogens (tertiary/aromatic N) is 2. The lowest BCUT2D eigenvalue weighted by atomic mass is 9.91. The third-order valence-corrected chi connectivity index (χ3v) is 7.21. The number of amides is 2. The fourth-order valence-electron chi connectivity index (χ4n) is 4.44. The Hall–Kier alpha value is -3.00. The Morgan fingerprint density at radius 1 is 1.26 bits per heavy atom. The molecular formula is C26H34N4O3S. The molecule has 3 atom stereocenters. The van der Waals surface area contributed by atoms with Crippen molar-refractivity contribution in [2.75, 3.05) is 6.54 Å². The Bertz CT molecular complexity index is 1070. The third-order valence-electron chi connectivity index (χ3n) is 6.23. The third kappa shape index (κ3) is 5.73. The summed E-state index contributed by atoms with van der Waals surface area (Å²) in [6.45, 7) is 9.67. The highest BCUT2D eigenvalue weighted by Crippen LogP contribution is 2.29. The molecule has 2 heterocycles. The second-order valence-electron chi connectivity index (χ2n) is 9.28. The van der Waals surface area contributed by atoms with Gasteiger partial charge in [0.1, 0.15) is 11.8 Å². The molecule has 2 aromatic rings. The number of aliphatic hydroxyl groups is 1. The van der Waals surface area contributed by atoms with E-state index in [1.165, 1.54) is 6.08 Å². The van der Waals surface area contributed by atoms with Crippen LogP contribution in [0.3, 0.4) is 0 Å². The molecule has 1 aromatic heterocycles. The lowest BCUT2D eigenvalue weighted by molar-refractivity contribution is -0.142. The molecule has 3 unspecified atom stereocenters. The van der Waals surface area contributed by atoms with Crippen molar-refractivity contribution in [3.8, 4) is 10.4 Å². The fourth-order valence-corrected chi connectivity index (χ4v) is 5.25. The van der Waals surface area contributed by atoms with Crippen LogP contribution in [0, 0.1) is 24.2 Å². The van der Waals surface area contributed by atoms with Gasteiger partial charge in [0.05, 0.1) is 28.0 Å². The fraction of sp³-hybridized carbons (Fsp3) is 0.462. The van der Waals surface area contributed by atoms with Crippen LogP contribution in [0.15, 0.2) is 41.6 Å². The van der Waals surface area contributed by atoms with Crippen molar-refractivity contribution in [2.45, 2.75) is 59.5 Å². The van der Waals surface area contributed by atoms with Crippen LogP contribution in [0.4, 0.5) is 0 Å². The predicted octanol–water partition coefficient (Wildman–Crippen LogP) is 5.04. The van der Waals surface area contributed by atoms with E-state index in [1.807, 2.05) is 57.5 Å². The molecule has 1 aliphatic heterocycles. The Kier molecular flexibility index (Phi) is 8.25. The van der Waals surface area contributed by atoms with Crippen LogP contribution < -0.4 is 5.32 Å². The van der Waals surface area contributed by atoms with Crippen LogP contribution in [0.5, 0.6) is 0 Å². The summed E-state index contributed by atoms with van der Waals surface area (Å²) < 4.78 is 0. The summed E-state index contributed by atoms with van der Waals surface area (Å²) in [7, 11) is 0. The lowest BCUT2D eigenvalue weighted by Gasteiger charge is -2.30. The number of aromatic nitrogens is 1. The van der Waals surface area contributed by atoms with E-state index in [2.05, 4.69) is 10.3 Å². The number of hydrogen-bond acceptors (Lipinski definition) is 6. The zero-order valence-electron chi connectivity index (χ0n) is 20.5. The Morgan fingerprint density at radius 3 is 2.50 bits per heavy atom. The Balaban J connectivity index is 1.70. The number of carbonyl (C=O) groups is 2. The minimum Gasteiger partial charge on any atom is -0.511 e. The topological polar surface area (TPSA) is 106 Å². The van der Waals surface area contributed by atoms with Crippen LogP contribution in [0.2, 0.25) is 0 Å². The van der Waals surface area contributed by atoms with Crippen molar-refractivity contribution in [1.29, 1.82) is 5.41 Å². The zero-order valence-corrected chi connectivity index (χ0v) is 21.3. The van der Waals surface area contributed by atoms with Gasteiger partial charge >= 0.3 is 0 Å². The molecule has 0 bridgehead atoms. The molecule has 1 fully saturated rings. The van der Waals surface area contributed by atoms with Crippen molar-refractivity contribution in [3.63, 3.8) is 0 Å². The normalized spacial score (nSPS) is 18.1. The minimum absolute atomic E-state index is 0.122. The number of likely N-dealkylation sites (tertiary alicyclic amines) is 1. The number of rotatable bonds is 8. The number of hydrogen-bond donors (Lipinski definition) is 3. The van der Waals surface area contributed by atoms with E-state index in [0.29, 0.717) is 13.0 Å². The summed E-state index contributed by atoms with van der Waals surface area (Å²) in [5, 5.41) is 21.2. The number of aliphatic hydroxyl groups excluding tert-OH is 1. The standard InChI is InChI=1S/C26H34N4O3S/c1-15(2)23(22(31)13-16(3)27)26(33)30-12-6-7-21(30)25(32)29-17(4)19-8-10-20(11-9-19)24-18(5)28-14-34-24/h8-11,13-15,17,21,23,27,31H,6-7,12H2,1-5H3,(H,29,32)/b22-13-,27-16?. The van der Waals surface area contributed by atoms with Crippen molar-refractivity contribution in [1.82, 2.24) is 15.2 Å². The molecule has 0 aliphatic carbocycles. The van der Waals surface area contributed by atoms with Crippen molar-refractivity contribution >= 4 is 28.9 Å². The summed E-state index contributed by atoms with van der Waals surface area (Å²) in [5.74, 6) is -1.50. The first-order valence-electron chi connectivity index (χ1n) is 11.7. The molecule has 0 saturated carbocycles. The molecule has 1 saturated heterocycles. The van der Waals surface area contributed by atoms with Gasteiger partial charge in [0.25, 0.3) is 0 Å². The number of carbonyl (C=O) groups excluding carboxylic acids is 2. The van der Waals surface area contributed by atoms with Gasteiger partial charge in [0.15, 0.2) is 0 Å². The van der Waals surface area contributed by atoms with Crippen LogP contribution in [-0.2, 0) is 9.59 Å². The quantitative estimate of drug-likeness (QED) is 0.362. The Morgan fingerprint density at radius 2 is 1.94 bits per heavy atom. The van der Waals surface area contributed by atoms with E-state index in [0.717, 1.165) is 28.1 Å². The second kappa shape index (κ2) is 11.0. The van der Waals surface area contributed by atoms with E-state index >= 15 is 0 Å². The maximum atomic E-state index is 13.3. The number of benzene rings is 1. The first-order valence-corrected chi connectivity index (χ1v) is 12.5. The second-order valence-corrected chi connectivity index (χ2v) is 10.1. The zero-order chi connectivity index (χ0) is 25.0.